The number of esters is 2. The molecule has 0 heterocycles. The fourth-order valence-electron chi connectivity index (χ4n) is 1.52. The molecule has 0 aromatic heterocycles. The molecule has 1 atom stereocenters. The second kappa shape index (κ2) is 10.4. The van der Waals surface area contributed by atoms with Crippen LogP contribution in [-0.2, 0) is 19.1 Å². The molecule has 0 radical (unpaired) electrons. The van der Waals surface area contributed by atoms with E-state index in [9.17, 15) is 9.59 Å². The Bertz CT molecular complexity index is 231. The van der Waals surface area contributed by atoms with Crippen molar-refractivity contribution in [3.8, 4) is 0 Å². The van der Waals surface area contributed by atoms with Crippen molar-refractivity contribution >= 4 is 23.7 Å². The molecule has 0 unspecified atom stereocenters. The number of hydrogen-bond donors (Lipinski definition) is 0. The van der Waals surface area contributed by atoms with Crippen LogP contribution in [0.1, 0.15) is 38.5 Å². The molecule has 0 aromatic carbocycles. The summed E-state index contributed by atoms with van der Waals surface area (Å²) in [6.07, 6.45) is 7.11. The highest BCUT2D eigenvalue weighted by molar-refractivity contribution is 7.99. The third-order valence-corrected chi connectivity index (χ3v) is 3.57. The summed E-state index contributed by atoms with van der Waals surface area (Å²) in [4.78, 5) is 22.1. The first-order valence-corrected chi connectivity index (χ1v) is 7.12. The van der Waals surface area contributed by atoms with E-state index in [4.69, 9.17) is 4.74 Å². The SMILES string of the molecule is COC(=O)CCCCCC[C@@H](SC)C(=O)OC. The molecule has 100 valence electrons. The minimum atomic E-state index is -0.151. The van der Waals surface area contributed by atoms with Crippen molar-refractivity contribution in [1.29, 1.82) is 0 Å². The molecule has 0 amide bonds. The zero-order valence-corrected chi connectivity index (χ0v) is 11.7. The van der Waals surface area contributed by atoms with Gasteiger partial charge in [-0.15, -0.1) is 0 Å². The van der Waals surface area contributed by atoms with Gasteiger partial charge in [0, 0.05) is 6.42 Å². The van der Waals surface area contributed by atoms with E-state index in [2.05, 4.69) is 4.74 Å². The first-order chi connectivity index (χ1) is 8.15. The van der Waals surface area contributed by atoms with Crippen molar-refractivity contribution in [3.63, 3.8) is 0 Å². The zero-order valence-electron chi connectivity index (χ0n) is 10.9. The Morgan fingerprint density at radius 3 is 2.24 bits per heavy atom. The monoisotopic (exact) mass is 262 g/mol. The van der Waals surface area contributed by atoms with Crippen LogP contribution in [0.3, 0.4) is 0 Å². The molecule has 0 fully saturated rings. The zero-order chi connectivity index (χ0) is 13.1. The average Bonchev–Trinajstić information content (AvgIpc) is 2.36. The highest BCUT2D eigenvalue weighted by Crippen LogP contribution is 2.17. The predicted octanol–water partition coefficient (Wildman–Crippen LogP) is 2.40. The molecule has 0 N–H and O–H groups in total. The fraction of sp³-hybridized carbons (Fsp3) is 0.833. The van der Waals surface area contributed by atoms with Gasteiger partial charge in [0.1, 0.15) is 5.25 Å². The molecule has 0 rings (SSSR count). The molecule has 0 aliphatic carbocycles. The lowest BCUT2D eigenvalue weighted by atomic mass is 10.1. The smallest absolute Gasteiger partial charge is 0.318 e. The summed E-state index contributed by atoms with van der Waals surface area (Å²) in [5.74, 6) is -0.298. The Balaban J connectivity index is 3.49. The summed E-state index contributed by atoms with van der Waals surface area (Å²) in [6.45, 7) is 0. The molecule has 0 aliphatic heterocycles. The Hall–Kier alpha value is -0.710. The maximum atomic E-state index is 11.3. The highest BCUT2D eigenvalue weighted by atomic mass is 32.2. The van der Waals surface area contributed by atoms with Gasteiger partial charge < -0.3 is 9.47 Å². The van der Waals surface area contributed by atoms with Gasteiger partial charge in [0.2, 0.25) is 0 Å². The van der Waals surface area contributed by atoms with Gasteiger partial charge in [-0.05, 0) is 19.1 Å². The highest BCUT2D eigenvalue weighted by Gasteiger charge is 2.16. The van der Waals surface area contributed by atoms with Crippen LogP contribution in [0.25, 0.3) is 0 Å². The van der Waals surface area contributed by atoms with E-state index >= 15 is 0 Å². The lowest BCUT2D eigenvalue weighted by Gasteiger charge is -2.11. The van der Waals surface area contributed by atoms with Gasteiger partial charge in [-0.25, -0.2) is 0 Å². The van der Waals surface area contributed by atoms with E-state index in [1.165, 1.54) is 26.0 Å². The third-order valence-electron chi connectivity index (χ3n) is 2.57. The summed E-state index contributed by atoms with van der Waals surface area (Å²) in [7, 11) is 2.82. The molecule has 5 heteroatoms. The minimum absolute atomic E-state index is 0.0550. The molecule has 0 saturated heterocycles. The Kier molecular flexibility index (Phi) is 10.0. The molecule has 0 bridgehead atoms. The van der Waals surface area contributed by atoms with E-state index in [1.807, 2.05) is 6.26 Å². The standard InChI is InChI=1S/C12H22O4S/c1-15-11(13)9-7-5-4-6-8-10(17-3)12(14)16-2/h10H,4-9H2,1-3H3/t10-/m1/s1. The topological polar surface area (TPSA) is 52.6 Å². The van der Waals surface area contributed by atoms with Gasteiger partial charge in [0.25, 0.3) is 0 Å². The summed E-state index contributed by atoms with van der Waals surface area (Å²) in [5, 5.41) is -0.0550. The van der Waals surface area contributed by atoms with Gasteiger partial charge in [0.05, 0.1) is 14.2 Å². The molecule has 0 spiro atoms. The van der Waals surface area contributed by atoms with E-state index < -0.39 is 0 Å². The number of carbonyl (C=O) groups excluding carboxylic acids is 2. The van der Waals surface area contributed by atoms with Gasteiger partial charge in [-0.3, -0.25) is 9.59 Å². The van der Waals surface area contributed by atoms with Crippen molar-refractivity contribution in [1.82, 2.24) is 0 Å². The maximum Gasteiger partial charge on any atom is 0.318 e. The number of methoxy groups -OCH3 is 2. The van der Waals surface area contributed by atoms with Gasteiger partial charge in [-0.1, -0.05) is 19.3 Å². The van der Waals surface area contributed by atoms with Crippen LogP contribution in [0.2, 0.25) is 0 Å². The predicted molar refractivity (Wildman–Crippen MR) is 69.0 cm³/mol. The summed E-state index contributed by atoms with van der Waals surface area (Å²) < 4.78 is 9.26. The second-order valence-corrected chi connectivity index (χ2v) is 4.82. The summed E-state index contributed by atoms with van der Waals surface area (Å²) >= 11 is 1.53. The molecular formula is C12H22O4S. The summed E-state index contributed by atoms with van der Waals surface area (Å²) in [6, 6.07) is 0. The van der Waals surface area contributed by atoms with E-state index in [-0.39, 0.29) is 17.2 Å². The number of carbonyl (C=O) groups is 2. The normalized spacial score (nSPS) is 11.9. The van der Waals surface area contributed by atoms with Crippen molar-refractivity contribution in [2.75, 3.05) is 20.5 Å². The van der Waals surface area contributed by atoms with Crippen LogP contribution in [0.4, 0.5) is 0 Å². The number of ether oxygens (including phenoxy) is 2. The minimum Gasteiger partial charge on any atom is -0.469 e. The molecule has 0 saturated carbocycles. The quantitative estimate of drug-likeness (QED) is 0.472. The lowest BCUT2D eigenvalue weighted by Crippen LogP contribution is -2.18. The first kappa shape index (κ1) is 16.3. The van der Waals surface area contributed by atoms with Crippen molar-refractivity contribution in [2.45, 2.75) is 43.8 Å². The number of hydrogen-bond acceptors (Lipinski definition) is 5. The van der Waals surface area contributed by atoms with Gasteiger partial charge in [0.15, 0.2) is 0 Å². The van der Waals surface area contributed by atoms with Crippen molar-refractivity contribution < 1.29 is 19.1 Å². The fourth-order valence-corrected chi connectivity index (χ4v) is 2.21. The van der Waals surface area contributed by atoms with E-state index in [1.54, 1.807) is 0 Å². The average molecular weight is 262 g/mol. The molecule has 4 nitrogen and oxygen atoms in total. The maximum absolute atomic E-state index is 11.3. The van der Waals surface area contributed by atoms with Gasteiger partial charge >= 0.3 is 11.9 Å². The van der Waals surface area contributed by atoms with Crippen LogP contribution < -0.4 is 0 Å². The molecule has 17 heavy (non-hydrogen) atoms. The second-order valence-electron chi connectivity index (χ2n) is 3.78. The largest absolute Gasteiger partial charge is 0.469 e. The van der Waals surface area contributed by atoms with Crippen LogP contribution in [0, 0.1) is 0 Å². The molecule has 0 aliphatic rings. The van der Waals surface area contributed by atoms with Crippen LogP contribution in [0.15, 0.2) is 0 Å². The van der Waals surface area contributed by atoms with Crippen molar-refractivity contribution in [2.24, 2.45) is 0 Å². The number of rotatable bonds is 9. The van der Waals surface area contributed by atoms with E-state index in [0.717, 1.165) is 32.1 Å². The van der Waals surface area contributed by atoms with Gasteiger partial charge in [-0.2, -0.15) is 11.8 Å². The Labute approximate surface area is 107 Å². The Morgan fingerprint density at radius 2 is 1.71 bits per heavy atom. The molecule has 0 aromatic rings. The number of thioether (sulfide) groups is 1. The third kappa shape index (κ3) is 8.07. The number of unbranched alkanes of at least 4 members (excludes halogenated alkanes) is 3. The van der Waals surface area contributed by atoms with Crippen LogP contribution in [0.5, 0.6) is 0 Å². The van der Waals surface area contributed by atoms with Crippen molar-refractivity contribution in [3.05, 3.63) is 0 Å². The van der Waals surface area contributed by atoms with Crippen LogP contribution >= 0.6 is 11.8 Å². The van der Waals surface area contributed by atoms with Crippen LogP contribution in [-0.4, -0.2) is 37.7 Å². The lowest BCUT2D eigenvalue weighted by molar-refractivity contribution is -0.141. The summed E-state index contributed by atoms with van der Waals surface area (Å²) in [5.41, 5.74) is 0. The van der Waals surface area contributed by atoms with E-state index in [0.29, 0.717) is 6.42 Å². The molecular weight excluding hydrogens is 240 g/mol. The first-order valence-electron chi connectivity index (χ1n) is 5.83. The Morgan fingerprint density at radius 1 is 1.06 bits per heavy atom.